The van der Waals surface area contributed by atoms with Crippen LogP contribution in [-0.2, 0) is 0 Å². The van der Waals surface area contributed by atoms with E-state index >= 15 is 0 Å². The molecule has 5 nitrogen and oxygen atoms in total. The van der Waals surface area contributed by atoms with Crippen LogP contribution in [0, 0.1) is 6.92 Å². The van der Waals surface area contributed by atoms with Crippen molar-refractivity contribution in [2.45, 2.75) is 6.92 Å². The van der Waals surface area contributed by atoms with Gasteiger partial charge in [0.2, 0.25) is 5.43 Å². The summed E-state index contributed by atoms with van der Waals surface area (Å²) in [6.45, 7) is 1.92. The van der Waals surface area contributed by atoms with Crippen molar-refractivity contribution in [3.05, 3.63) is 70.6 Å². The summed E-state index contributed by atoms with van der Waals surface area (Å²) in [4.78, 5) is 12.6. The van der Waals surface area contributed by atoms with Gasteiger partial charge in [0.15, 0.2) is 5.76 Å². The molecule has 0 saturated carbocycles. The van der Waals surface area contributed by atoms with E-state index in [1.807, 2.05) is 6.92 Å². The van der Waals surface area contributed by atoms with Gasteiger partial charge in [-0.2, -0.15) is 0 Å². The maximum absolute atomic E-state index is 12.6. The van der Waals surface area contributed by atoms with E-state index in [9.17, 15) is 9.90 Å². The van der Waals surface area contributed by atoms with Crippen molar-refractivity contribution in [2.75, 3.05) is 0 Å². The van der Waals surface area contributed by atoms with Crippen molar-refractivity contribution < 1.29 is 14.0 Å². The van der Waals surface area contributed by atoms with Crippen LogP contribution in [0.15, 0.2) is 68.5 Å². The molecule has 0 atom stereocenters. The fraction of sp³-hybridized carbons (Fsp3) is 0.0526. The maximum atomic E-state index is 12.6. The normalized spacial score (nSPS) is 11.0. The van der Waals surface area contributed by atoms with Crippen molar-refractivity contribution in [1.29, 1.82) is 0 Å². The first-order chi connectivity index (χ1) is 11.6. The summed E-state index contributed by atoms with van der Waals surface area (Å²) in [6.07, 6.45) is 1.37. The minimum absolute atomic E-state index is 0.103. The number of aromatic nitrogens is 1. The summed E-state index contributed by atoms with van der Waals surface area (Å²) in [6, 6.07) is 13.8. The van der Waals surface area contributed by atoms with E-state index in [0.717, 1.165) is 5.56 Å². The molecule has 2 aromatic carbocycles. The number of para-hydroxylation sites is 1. The third-order valence-corrected chi connectivity index (χ3v) is 3.88. The van der Waals surface area contributed by atoms with Crippen molar-refractivity contribution >= 4 is 11.0 Å². The lowest BCUT2D eigenvalue weighted by Gasteiger charge is -2.01. The first-order valence-corrected chi connectivity index (χ1v) is 7.41. The van der Waals surface area contributed by atoms with E-state index < -0.39 is 0 Å². The Bertz CT molecular complexity index is 1110. The number of hydrogen-bond acceptors (Lipinski definition) is 5. The van der Waals surface area contributed by atoms with Crippen LogP contribution in [0.1, 0.15) is 5.56 Å². The van der Waals surface area contributed by atoms with Gasteiger partial charge in [0.05, 0.1) is 5.39 Å². The van der Waals surface area contributed by atoms with Crippen molar-refractivity contribution in [1.82, 2.24) is 5.16 Å². The van der Waals surface area contributed by atoms with E-state index in [1.54, 1.807) is 48.5 Å². The minimum atomic E-state index is -0.187. The molecule has 2 heterocycles. The monoisotopic (exact) mass is 319 g/mol. The lowest BCUT2D eigenvalue weighted by Crippen LogP contribution is -2.03. The zero-order valence-corrected chi connectivity index (χ0v) is 12.8. The number of fused-ring (bicyclic) bond motifs is 1. The summed E-state index contributed by atoms with van der Waals surface area (Å²) < 4.78 is 10.8. The highest BCUT2D eigenvalue weighted by molar-refractivity contribution is 5.81. The molecular formula is C19H13NO4. The van der Waals surface area contributed by atoms with Crippen LogP contribution in [0.4, 0.5) is 0 Å². The standard InChI is InChI=1S/C19H13NO4/c1-11-6-7-16(21)13(8-11)15-9-18(24-20-15)14-10-23-17-5-3-2-4-12(17)19(14)22/h2-10,21H,1H3. The number of phenolic OH excluding ortho intramolecular Hbond substituents is 1. The topological polar surface area (TPSA) is 76.5 Å². The van der Waals surface area contributed by atoms with E-state index in [-0.39, 0.29) is 11.2 Å². The van der Waals surface area contributed by atoms with Gasteiger partial charge in [0.25, 0.3) is 0 Å². The largest absolute Gasteiger partial charge is 0.507 e. The molecule has 5 heteroatoms. The van der Waals surface area contributed by atoms with Crippen LogP contribution in [0.3, 0.4) is 0 Å². The minimum Gasteiger partial charge on any atom is -0.507 e. The molecule has 0 radical (unpaired) electrons. The molecule has 24 heavy (non-hydrogen) atoms. The van der Waals surface area contributed by atoms with Crippen molar-refractivity contribution in [2.24, 2.45) is 0 Å². The highest BCUT2D eigenvalue weighted by atomic mass is 16.5. The second-order valence-electron chi connectivity index (χ2n) is 5.57. The number of nitrogens with zero attached hydrogens (tertiary/aromatic N) is 1. The first-order valence-electron chi connectivity index (χ1n) is 7.41. The number of aromatic hydroxyl groups is 1. The van der Waals surface area contributed by atoms with Gasteiger partial charge < -0.3 is 14.0 Å². The summed E-state index contributed by atoms with van der Waals surface area (Å²) in [7, 11) is 0. The number of aryl methyl sites for hydroxylation is 1. The zero-order valence-electron chi connectivity index (χ0n) is 12.8. The molecule has 4 aromatic rings. The highest BCUT2D eigenvalue weighted by Crippen LogP contribution is 2.31. The molecular weight excluding hydrogens is 306 g/mol. The Morgan fingerprint density at radius 3 is 2.75 bits per heavy atom. The average Bonchev–Trinajstić information content (AvgIpc) is 3.07. The molecule has 0 fully saturated rings. The summed E-state index contributed by atoms with van der Waals surface area (Å²) in [5, 5.41) is 14.5. The van der Waals surface area contributed by atoms with Crippen molar-refractivity contribution in [3.63, 3.8) is 0 Å². The Balaban J connectivity index is 1.85. The van der Waals surface area contributed by atoms with E-state index in [2.05, 4.69) is 5.16 Å². The van der Waals surface area contributed by atoms with Crippen LogP contribution in [0.25, 0.3) is 33.6 Å². The van der Waals surface area contributed by atoms with Gasteiger partial charge >= 0.3 is 0 Å². The Kier molecular flexibility index (Phi) is 3.20. The smallest absolute Gasteiger partial charge is 0.203 e. The molecule has 118 valence electrons. The number of hydrogen-bond donors (Lipinski definition) is 1. The van der Waals surface area contributed by atoms with Gasteiger partial charge in [-0.05, 0) is 31.2 Å². The van der Waals surface area contributed by atoms with Gasteiger partial charge in [-0.25, -0.2) is 0 Å². The second kappa shape index (κ2) is 5.38. The predicted molar refractivity (Wildman–Crippen MR) is 89.8 cm³/mol. The maximum Gasteiger partial charge on any atom is 0.203 e. The molecule has 1 N–H and O–H groups in total. The molecule has 0 spiro atoms. The van der Waals surface area contributed by atoms with Gasteiger partial charge in [-0.15, -0.1) is 0 Å². The van der Waals surface area contributed by atoms with Crippen LogP contribution >= 0.6 is 0 Å². The fourth-order valence-corrected chi connectivity index (χ4v) is 2.63. The summed E-state index contributed by atoms with van der Waals surface area (Å²) in [5.74, 6) is 0.399. The SMILES string of the molecule is Cc1ccc(O)c(-c2cc(-c3coc4ccccc4c3=O)on2)c1. The van der Waals surface area contributed by atoms with Crippen LogP contribution in [0.5, 0.6) is 5.75 Å². The first kappa shape index (κ1) is 14.3. The van der Waals surface area contributed by atoms with Gasteiger partial charge in [-0.3, -0.25) is 4.79 Å². The zero-order chi connectivity index (χ0) is 16.7. The van der Waals surface area contributed by atoms with E-state index in [0.29, 0.717) is 33.6 Å². The third kappa shape index (κ3) is 2.27. The van der Waals surface area contributed by atoms with E-state index in [4.69, 9.17) is 8.94 Å². The molecule has 0 saturated heterocycles. The lowest BCUT2D eigenvalue weighted by atomic mass is 10.1. The predicted octanol–water partition coefficient (Wildman–Crippen LogP) is 4.13. The molecule has 0 unspecified atom stereocenters. The Morgan fingerprint density at radius 1 is 1.04 bits per heavy atom. The Morgan fingerprint density at radius 2 is 1.88 bits per heavy atom. The number of phenols is 1. The quantitative estimate of drug-likeness (QED) is 0.601. The van der Waals surface area contributed by atoms with Gasteiger partial charge in [-0.1, -0.05) is 28.9 Å². The molecule has 0 aliphatic heterocycles. The lowest BCUT2D eigenvalue weighted by molar-refractivity contribution is 0.431. The molecule has 4 rings (SSSR count). The van der Waals surface area contributed by atoms with Crippen molar-refractivity contribution in [3.8, 4) is 28.3 Å². The number of benzene rings is 2. The van der Waals surface area contributed by atoms with Crippen LogP contribution in [0.2, 0.25) is 0 Å². The molecule has 0 aliphatic rings. The Hall–Kier alpha value is -3.34. The number of rotatable bonds is 2. The van der Waals surface area contributed by atoms with Crippen LogP contribution in [-0.4, -0.2) is 10.3 Å². The van der Waals surface area contributed by atoms with Crippen LogP contribution < -0.4 is 5.43 Å². The molecule has 0 aliphatic carbocycles. The third-order valence-electron chi connectivity index (χ3n) is 3.88. The summed E-state index contributed by atoms with van der Waals surface area (Å²) in [5.41, 5.74) is 2.61. The van der Waals surface area contributed by atoms with Gasteiger partial charge in [0, 0.05) is 11.6 Å². The summed E-state index contributed by atoms with van der Waals surface area (Å²) >= 11 is 0. The van der Waals surface area contributed by atoms with Gasteiger partial charge in [0.1, 0.15) is 28.9 Å². The average molecular weight is 319 g/mol. The molecule has 0 bridgehead atoms. The molecule has 2 aromatic heterocycles. The fourth-order valence-electron chi connectivity index (χ4n) is 2.63. The highest BCUT2D eigenvalue weighted by Gasteiger charge is 2.16. The second-order valence-corrected chi connectivity index (χ2v) is 5.57. The van der Waals surface area contributed by atoms with E-state index in [1.165, 1.54) is 6.26 Å². The Labute approximate surface area is 136 Å². The molecule has 0 amide bonds.